The van der Waals surface area contributed by atoms with E-state index in [2.05, 4.69) is 9.88 Å². The minimum absolute atomic E-state index is 0.0924. The molecule has 0 saturated carbocycles. The Kier molecular flexibility index (Phi) is 4.43. The first-order valence-electron chi connectivity index (χ1n) is 5.44. The monoisotopic (exact) mass is 220 g/mol. The molecule has 0 aromatic carbocycles. The number of amidine groups is 1. The maximum atomic E-state index is 7.34. The van der Waals surface area contributed by atoms with Crippen molar-refractivity contribution in [1.29, 1.82) is 5.41 Å². The summed E-state index contributed by atoms with van der Waals surface area (Å²) in [6, 6.07) is 6.02. The Balaban J connectivity index is 2.51. The minimum atomic E-state index is 0.0924. The molecule has 1 unspecified atom stereocenters. The quantitative estimate of drug-likeness (QED) is 0.582. The zero-order valence-corrected chi connectivity index (χ0v) is 10.2. The lowest BCUT2D eigenvalue weighted by molar-refractivity contribution is 0.302. The highest BCUT2D eigenvalue weighted by Crippen LogP contribution is 2.04. The molecule has 0 saturated heterocycles. The van der Waals surface area contributed by atoms with Crippen molar-refractivity contribution in [2.24, 2.45) is 11.7 Å². The average molecular weight is 220 g/mol. The SMILES string of the molecule is Cc1cccc(CN(C)CC(C)C(=N)N)n1. The van der Waals surface area contributed by atoms with Crippen molar-refractivity contribution in [2.75, 3.05) is 13.6 Å². The molecule has 88 valence electrons. The number of hydrogen-bond donors (Lipinski definition) is 2. The number of nitrogens with one attached hydrogen (secondary N) is 1. The van der Waals surface area contributed by atoms with Gasteiger partial charge in [-0.2, -0.15) is 0 Å². The molecule has 16 heavy (non-hydrogen) atoms. The van der Waals surface area contributed by atoms with Gasteiger partial charge in [-0.15, -0.1) is 0 Å². The van der Waals surface area contributed by atoms with Gasteiger partial charge < -0.3 is 5.73 Å². The summed E-state index contributed by atoms with van der Waals surface area (Å²) in [6.07, 6.45) is 0. The molecule has 3 N–H and O–H groups in total. The van der Waals surface area contributed by atoms with E-state index < -0.39 is 0 Å². The van der Waals surface area contributed by atoms with Gasteiger partial charge in [-0.05, 0) is 26.1 Å². The van der Waals surface area contributed by atoms with Crippen LogP contribution in [0, 0.1) is 18.3 Å². The summed E-state index contributed by atoms with van der Waals surface area (Å²) in [5, 5.41) is 7.34. The fourth-order valence-electron chi connectivity index (χ4n) is 1.59. The predicted octanol–water partition coefficient (Wildman–Crippen LogP) is 1.39. The van der Waals surface area contributed by atoms with E-state index in [9.17, 15) is 0 Å². The van der Waals surface area contributed by atoms with Crippen molar-refractivity contribution in [3.8, 4) is 0 Å². The molecule has 0 radical (unpaired) electrons. The van der Waals surface area contributed by atoms with Gasteiger partial charge >= 0.3 is 0 Å². The Morgan fingerprint density at radius 1 is 1.56 bits per heavy atom. The van der Waals surface area contributed by atoms with Crippen LogP contribution in [0.1, 0.15) is 18.3 Å². The van der Waals surface area contributed by atoms with Crippen LogP contribution >= 0.6 is 0 Å². The van der Waals surface area contributed by atoms with E-state index in [-0.39, 0.29) is 11.8 Å². The van der Waals surface area contributed by atoms with Crippen molar-refractivity contribution >= 4 is 5.84 Å². The molecule has 4 nitrogen and oxygen atoms in total. The molecular weight excluding hydrogens is 200 g/mol. The summed E-state index contributed by atoms with van der Waals surface area (Å²) in [6.45, 7) is 5.52. The predicted molar refractivity (Wildman–Crippen MR) is 66.4 cm³/mol. The third-order valence-corrected chi connectivity index (χ3v) is 2.49. The van der Waals surface area contributed by atoms with Crippen molar-refractivity contribution in [3.63, 3.8) is 0 Å². The van der Waals surface area contributed by atoms with Gasteiger partial charge in [-0.25, -0.2) is 0 Å². The summed E-state index contributed by atoms with van der Waals surface area (Å²) in [5.74, 6) is 0.332. The lowest BCUT2D eigenvalue weighted by atomic mass is 10.1. The molecule has 0 aliphatic heterocycles. The molecule has 0 aliphatic rings. The number of nitrogens with zero attached hydrogens (tertiary/aromatic N) is 2. The number of nitrogens with two attached hydrogens (primary N) is 1. The first kappa shape index (κ1) is 12.6. The topological polar surface area (TPSA) is 66.0 Å². The Morgan fingerprint density at radius 2 is 2.25 bits per heavy atom. The van der Waals surface area contributed by atoms with Crippen molar-refractivity contribution < 1.29 is 0 Å². The first-order chi connectivity index (χ1) is 7.49. The summed E-state index contributed by atoms with van der Waals surface area (Å²) < 4.78 is 0. The van der Waals surface area contributed by atoms with Gasteiger partial charge in [0, 0.05) is 24.7 Å². The van der Waals surface area contributed by atoms with Crippen LogP contribution in [-0.4, -0.2) is 29.3 Å². The van der Waals surface area contributed by atoms with E-state index in [1.54, 1.807) is 0 Å². The van der Waals surface area contributed by atoms with Crippen molar-refractivity contribution in [3.05, 3.63) is 29.6 Å². The molecule has 1 aromatic rings. The third-order valence-electron chi connectivity index (χ3n) is 2.49. The van der Waals surface area contributed by atoms with Gasteiger partial charge in [-0.3, -0.25) is 15.3 Å². The Labute approximate surface area is 97.0 Å². The smallest absolute Gasteiger partial charge is 0.0947 e. The van der Waals surface area contributed by atoms with Gasteiger partial charge in [0.1, 0.15) is 0 Å². The van der Waals surface area contributed by atoms with Crippen LogP contribution in [0.15, 0.2) is 18.2 Å². The molecule has 0 fully saturated rings. The Hall–Kier alpha value is -1.42. The number of rotatable bonds is 5. The number of hydrogen-bond acceptors (Lipinski definition) is 3. The zero-order chi connectivity index (χ0) is 12.1. The molecule has 0 spiro atoms. The summed E-state index contributed by atoms with van der Waals surface area (Å²) in [4.78, 5) is 6.57. The highest BCUT2D eigenvalue weighted by atomic mass is 15.1. The number of pyridine rings is 1. The van der Waals surface area contributed by atoms with Crippen LogP contribution in [0.5, 0.6) is 0 Å². The van der Waals surface area contributed by atoms with E-state index >= 15 is 0 Å². The highest BCUT2D eigenvalue weighted by molar-refractivity contribution is 5.79. The molecule has 0 bridgehead atoms. The molecule has 1 atom stereocenters. The molecule has 0 amide bonds. The van der Waals surface area contributed by atoms with E-state index in [1.165, 1.54) is 0 Å². The molecule has 1 heterocycles. The highest BCUT2D eigenvalue weighted by Gasteiger charge is 2.09. The molecular formula is C12H20N4. The van der Waals surface area contributed by atoms with E-state index in [4.69, 9.17) is 11.1 Å². The van der Waals surface area contributed by atoms with Crippen LogP contribution in [0.4, 0.5) is 0 Å². The van der Waals surface area contributed by atoms with Gasteiger partial charge in [0.05, 0.1) is 11.5 Å². The molecule has 4 heteroatoms. The van der Waals surface area contributed by atoms with Crippen LogP contribution < -0.4 is 5.73 Å². The van der Waals surface area contributed by atoms with Gasteiger partial charge in [0.15, 0.2) is 0 Å². The minimum Gasteiger partial charge on any atom is -0.387 e. The number of aryl methyl sites for hydroxylation is 1. The van der Waals surface area contributed by atoms with E-state index in [0.717, 1.165) is 24.5 Å². The second-order valence-corrected chi connectivity index (χ2v) is 4.32. The van der Waals surface area contributed by atoms with Gasteiger partial charge in [0.2, 0.25) is 0 Å². The van der Waals surface area contributed by atoms with Gasteiger partial charge in [-0.1, -0.05) is 13.0 Å². The maximum absolute atomic E-state index is 7.34. The fourth-order valence-corrected chi connectivity index (χ4v) is 1.59. The van der Waals surface area contributed by atoms with Crippen LogP contribution in [0.25, 0.3) is 0 Å². The Bertz CT molecular complexity index is 362. The third kappa shape index (κ3) is 3.98. The average Bonchev–Trinajstić information content (AvgIpc) is 2.16. The van der Waals surface area contributed by atoms with E-state index in [1.807, 2.05) is 39.1 Å². The van der Waals surface area contributed by atoms with Crippen LogP contribution in [0.3, 0.4) is 0 Å². The van der Waals surface area contributed by atoms with Gasteiger partial charge in [0.25, 0.3) is 0 Å². The van der Waals surface area contributed by atoms with Crippen LogP contribution in [0.2, 0.25) is 0 Å². The summed E-state index contributed by atoms with van der Waals surface area (Å²) in [5.41, 5.74) is 7.53. The summed E-state index contributed by atoms with van der Waals surface area (Å²) in [7, 11) is 2.02. The summed E-state index contributed by atoms with van der Waals surface area (Å²) >= 11 is 0. The maximum Gasteiger partial charge on any atom is 0.0947 e. The second kappa shape index (κ2) is 5.61. The van der Waals surface area contributed by atoms with E-state index in [0.29, 0.717) is 0 Å². The van der Waals surface area contributed by atoms with Crippen molar-refractivity contribution in [2.45, 2.75) is 20.4 Å². The fraction of sp³-hybridized carbons (Fsp3) is 0.500. The van der Waals surface area contributed by atoms with Crippen LogP contribution in [-0.2, 0) is 6.54 Å². The van der Waals surface area contributed by atoms with Crippen molar-refractivity contribution in [1.82, 2.24) is 9.88 Å². The standard InChI is InChI=1S/C12H20N4/c1-9(12(13)14)7-16(3)8-11-6-4-5-10(2)15-11/h4-6,9H,7-8H2,1-3H3,(H3,13,14). The molecule has 0 aliphatic carbocycles. The Morgan fingerprint density at radius 3 is 2.81 bits per heavy atom. The first-order valence-corrected chi connectivity index (χ1v) is 5.44. The number of aromatic nitrogens is 1. The molecule has 1 aromatic heterocycles. The molecule has 1 rings (SSSR count). The largest absolute Gasteiger partial charge is 0.387 e. The normalized spacial score (nSPS) is 12.8. The lowest BCUT2D eigenvalue weighted by Gasteiger charge is -2.20. The second-order valence-electron chi connectivity index (χ2n) is 4.32. The zero-order valence-electron chi connectivity index (χ0n) is 10.2. The lowest BCUT2D eigenvalue weighted by Crippen LogP contribution is -2.32.